The minimum absolute atomic E-state index is 0.269. The Balaban J connectivity index is 1.17. The van der Waals surface area contributed by atoms with Crippen LogP contribution in [-0.4, -0.2) is 26.4 Å². The molecule has 9 aromatic rings. The fourth-order valence-corrected chi connectivity index (χ4v) is 19.3. The van der Waals surface area contributed by atoms with Gasteiger partial charge in [0.25, 0.3) is 0 Å². The van der Waals surface area contributed by atoms with Crippen LogP contribution in [0.3, 0.4) is 0 Å². The summed E-state index contributed by atoms with van der Waals surface area (Å²) in [5.74, 6) is 0.568. The maximum absolute atomic E-state index is 12.8. The van der Waals surface area contributed by atoms with E-state index in [9.17, 15) is 10.2 Å². The molecule has 9 rings (SSSR count). The Morgan fingerprint density at radius 3 is 1.15 bits per heavy atom. The Labute approximate surface area is 361 Å². The number of aromatic hydroxyl groups is 2. The molecule has 0 atom stereocenters. The molecular formula is C56H47NO2Si2. The summed E-state index contributed by atoms with van der Waals surface area (Å²) >= 11 is 0. The predicted octanol–water partition coefficient (Wildman–Crippen LogP) is 7.44. The van der Waals surface area contributed by atoms with E-state index in [0.717, 1.165) is 38.3 Å². The highest BCUT2D eigenvalue weighted by atomic mass is 28.3. The smallest absolute Gasteiger partial charge is 0.183 e. The Kier molecular flexibility index (Phi) is 11.1. The van der Waals surface area contributed by atoms with Gasteiger partial charge in [-0.15, -0.1) is 0 Å². The zero-order chi connectivity index (χ0) is 41.7. The third kappa shape index (κ3) is 7.08. The highest BCUT2D eigenvalue weighted by molar-refractivity contribution is 7.21. The van der Waals surface area contributed by atoms with Crippen molar-refractivity contribution < 1.29 is 10.2 Å². The maximum atomic E-state index is 12.8. The van der Waals surface area contributed by atoms with Gasteiger partial charge in [-0.25, -0.2) is 0 Å². The van der Waals surface area contributed by atoms with Gasteiger partial charge in [0.15, 0.2) is 16.1 Å². The van der Waals surface area contributed by atoms with E-state index in [1.807, 2.05) is 18.2 Å². The highest BCUT2D eigenvalue weighted by Gasteiger charge is 2.45. The molecule has 0 amide bonds. The average molecular weight is 822 g/mol. The first kappa shape index (κ1) is 39.3. The van der Waals surface area contributed by atoms with Crippen LogP contribution in [0.15, 0.2) is 237 Å². The summed E-state index contributed by atoms with van der Waals surface area (Å²) in [6.45, 7) is 2.49. The van der Waals surface area contributed by atoms with Crippen LogP contribution in [0.4, 0.5) is 5.69 Å². The fraction of sp³-hybridized carbons (Fsp3) is 0.0357. The SMILES string of the molecule is Cc1cc(CNc2ccccc2-c2cccc([Si](c3ccccc3)(c3ccccc3)c3ccccc3)c2O)c(O)c([Si](c2ccccc2)(c2ccccc2)c2ccccc2)c1. The Morgan fingerprint density at radius 2 is 0.721 bits per heavy atom. The molecule has 0 aliphatic heterocycles. The summed E-state index contributed by atoms with van der Waals surface area (Å²) in [6, 6.07) is 82.8. The molecule has 0 saturated carbocycles. The van der Waals surface area contributed by atoms with Gasteiger partial charge in [0.2, 0.25) is 0 Å². The molecule has 0 spiro atoms. The lowest BCUT2D eigenvalue weighted by molar-refractivity contribution is 0.473. The van der Waals surface area contributed by atoms with Gasteiger partial charge < -0.3 is 15.5 Å². The van der Waals surface area contributed by atoms with E-state index in [0.29, 0.717) is 12.3 Å². The van der Waals surface area contributed by atoms with Gasteiger partial charge in [-0.1, -0.05) is 236 Å². The zero-order valence-corrected chi connectivity index (χ0v) is 36.1. The number of nitrogens with one attached hydrogen (secondary N) is 1. The van der Waals surface area contributed by atoms with Gasteiger partial charge >= 0.3 is 0 Å². The second-order valence-corrected chi connectivity index (χ2v) is 23.2. The summed E-state index contributed by atoms with van der Waals surface area (Å²) < 4.78 is 0. The van der Waals surface area contributed by atoms with Crippen molar-refractivity contribution in [1.29, 1.82) is 0 Å². The van der Waals surface area contributed by atoms with Crippen LogP contribution in [0.5, 0.6) is 11.5 Å². The van der Waals surface area contributed by atoms with Gasteiger partial charge in [0.05, 0.1) is 0 Å². The Hall–Kier alpha value is -7.19. The Bertz CT molecular complexity index is 2680. The molecule has 0 unspecified atom stereocenters. The first-order valence-electron chi connectivity index (χ1n) is 20.8. The lowest BCUT2D eigenvalue weighted by Gasteiger charge is -2.35. The van der Waals surface area contributed by atoms with Gasteiger partial charge in [0, 0.05) is 28.9 Å². The molecule has 61 heavy (non-hydrogen) atoms. The number of hydrogen-bond acceptors (Lipinski definition) is 3. The molecule has 3 nitrogen and oxygen atoms in total. The van der Waals surface area contributed by atoms with Crippen molar-refractivity contribution in [2.24, 2.45) is 0 Å². The van der Waals surface area contributed by atoms with Gasteiger partial charge in [-0.3, -0.25) is 0 Å². The number of hydrogen-bond donors (Lipinski definition) is 3. The standard InChI is InChI=1S/C56H47NO2Si2/c1-42-39-43(55(58)54(40-42)61(47-29-14-5-15-30-47,48-31-16-6-17-32-48)49-33-18-7-19-34-49)41-57-52-37-21-20-35-50(52)51-36-22-38-53(56(51)59)60(44-23-8-2-9-24-44,45-25-10-3-11-26-45)46-27-12-4-13-28-46/h2-40,57-59H,41H2,1H3. The lowest BCUT2D eigenvalue weighted by atomic mass is 10.0. The molecule has 0 radical (unpaired) electrons. The topological polar surface area (TPSA) is 52.5 Å². The second-order valence-electron chi connectivity index (χ2n) is 15.6. The summed E-state index contributed by atoms with van der Waals surface area (Å²) in [5.41, 5.74) is 4.38. The van der Waals surface area contributed by atoms with Crippen LogP contribution in [0.1, 0.15) is 11.1 Å². The molecular weight excluding hydrogens is 775 g/mol. The first-order chi connectivity index (χ1) is 30.0. The minimum Gasteiger partial charge on any atom is -0.508 e. The minimum atomic E-state index is -3.02. The van der Waals surface area contributed by atoms with Crippen LogP contribution in [0, 0.1) is 6.92 Å². The van der Waals surface area contributed by atoms with E-state index in [4.69, 9.17) is 0 Å². The normalized spacial score (nSPS) is 11.6. The molecule has 296 valence electrons. The molecule has 0 saturated heterocycles. The predicted molar refractivity (Wildman–Crippen MR) is 261 cm³/mol. The van der Waals surface area contributed by atoms with Gasteiger partial charge in [-0.2, -0.15) is 0 Å². The van der Waals surface area contributed by atoms with Crippen LogP contribution >= 0.6 is 0 Å². The van der Waals surface area contributed by atoms with Crippen LogP contribution in [0.2, 0.25) is 0 Å². The van der Waals surface area contributed by atoms with E-state index >= 15 is 0 Å². The van der Waals surface area contributed by atoms with Crippen LogP contribution in [0.25, 0.3) is 11.1 Å². The monoisotopic (exact) mass is 821 g/mol. The molecule has 5 heteroatoms. The van der Waals surface area contributed by atoms with Crippen LogP contribution in [-0.2, 0) is 6.54 Å². The molecule has 0 aliphatic rings. The molecule has 0 heterocycles. The van der Waals surface area contributed by atoms with Crippen molar-refractivity contribution >= 4 is 63.3 Å². The number of aryl methyl sites for hydroxylation is 1. The third-order valence-corrected chi connectivity index (χ3v) is 21.7. The molecule has 0 aliphatic carbocycles. The van der Waals surface area contributed by atoms with Gasteiger partial charge in [-0.05, 0) is 54.5 Å². The summed E-state index contributed by atoms with van der Waals surface area (Å²) in [4.78, 5) is 0. The average Bonchev–Trinajstić information content (AvgIpc) is 3.33. The number of benzene rings is 9. The molecule has 0 fully saturated rings. The largest absolute Gasteiger partial charge is 0.508 e. The van der Waals surface area contributed by atoms with Crippen molar-refractivity contribution in [2.75, 3.05) is 5.32 Å². The number of rotatable bonds is 12. The van der Waals surface area contributed by atoms with E-state index in [1.165, 1.54) is 31.1 Å². The number of anilines is 1. The van der Waals surface area contributed by atoms with Crippen LogP contribution < -0.4 is 46.8 Å². The van der Waals surface area contributed by atoms with E-state index in [2.05, 4.69) is 231 Å². The molecule has 3 N–H and O–H groups in total. The maximum Gasteiger partial charge on any atom is 0.183 e. The van der Waals surface area contributed by atoms with Crippen molar-refractivity contribution in [1.82, 2.24) is 0 Å². The fourth-order valence-electron chi connectivity index (χ4n) is 9.46. The van der Waals surface area contributed by atoms with E-state index < -0.39 is 16.1 Å². The Morgan fingerprint density at radius 1 is 0.361 bits per heavy atom. The molecule has 0 bridgehead atoms. The van der Waals surface area contributed by atoms with E-state index in [1.54, 1.807) is 0 Å². The summed E-state index contributed by atoms with van der Waals surface area (Å²) in [7, 11) is -6.02. The van der Waals surface area contributed by atoms with E-state index in [-0.39, 0.29) is 5.75 Å². The highest BCUT2D eigenvalue weighted by Crippen LogP contribution is 2.35. The van der Waals surface area contributed by atoms with Crippen molar-refractivity contribution in [2.45, 2.75) is 13.5 Å². The number of phenols is 2. The number of phenolic OH excluding ortho intramolecular Hbond substituents is 2. The molecule has 0 aromatic heterocycles. The van der Waals surface area contributed by atoms with Crippen molar-refractivity contribution in [3.8, 4) is 22.6 Å². The zero-order valence-electron chi connectivity index (χ0n) is 34.1. The second kappa shape index (κ2) is 17.2. The quantitative estimate of drug-likeness (QED) is 0.0888. The lowest BCUT2D eigenvalue weighted by Crippen LogP contribution is -2.74. The summed E-state index contributed by atoms with van der Waals surface area (Å²) in [5, 5.41) is 38.2. The first-order valence-corrected chi connectivity index (χ1v) is 24.8. The van der Waals surface area contributed by atoms with Crippen molar-refractivity contribution in [3.05, 3.63) is 248 Å². The number of para-hydroxylation sites is 2. The van der Waals surface area contributed by atoms with Gasteiger partial charge in [0.1, 0.15) is 11.5 Å². The van der Waals surface area contributed by atoms with Crippen molar-refractivity contribution in [3.63, 3.8) is 0 Å². The summed E-state index contributed by atoms with van der Waals surface area (Å²) in [6.07, 6.45) is 0. The third-order valence-electron chi connectivity index (χ3n) is 12.1. The molecule has 9 aromatic carbocycles.